The summed E-state index contributed by atoms with van der Waals surface area (Å²) in [5.41, 5.74) is 7.16. The van der Waals surface area contributed by atoms with Gasteiger partial charge in [0.25, 0.3) is 0 Å². The van der Waals surface area contributed by atoms with Gasteiger partial charge in [0.15, 0.2) is 0 Å². The van der Waals surface area contributed by atoms with Crippen LogP contribution in [0.25, 0.3) is 11.4 Å². The Morgan fingerprint density at radius 1 is 1.29 bits per heavy atom. The molecule has 1 aromatic heterocycles. The molecular formula is C24H24ClF3N6. The van der Waals surface area contributed by atoms with Gasteiger partial charge in [-0.25, -0.2) is 23.1 Å². The lowest BCUT2D eigenvalue weighted by Gasteiger charge is -2.15. The number of rotatable bonds is 8. The summed E-state index contributed by atoms with van der Waals surface area (Å²) in [6, 6.07) is 7.78. The van der Waals surface area contributed by atoms with Crippen LogP contribution in [0.5, 0.6) is 0 Å². The smallest absolute Gasteiger partial charge is 0.146 e. The summed E-state index contributed by atoms with van der Waals surface area (Å²) < 4.78 is 43.4. The molecule has 2 aromatic carbocycles. The highest BCUT2D eigenvalue weighted by molar-refractivity contribution is 6.33. The molecule has 0 amide bonds. The van der Waals surface area contributed by atoms with E-state index in [4.69, 9.17) is 17.3 Å². The number of aliphatic imine (C=N–C) groups is 1. The molecule has 3 aromatic rings. The van der Waals surface area contributed by atoms with E-state index in [1.54, 1.807) is 10.6 Å². The van der Waals surface area contributed by atoms with Crippen molar-refractivity contribution in [3.8, 4) is 11.4 Å². The molecule has 6 nitrogen and oxygen atoms in total. The van der Waals surface area contributed by atoms with Crippen molar-refractivity contribution in [2.75, 3.05) is 18.8 Å². The van der Waals surface area contributed by atoms with Crippen LogP contribution in [0, 0.1) is 23.4 Å². The van der Waals surface area contributed by atoms with Gasteiger partial charge in [-0.15, -0.1) is 0 Å². The molecule has 0 bridgehead atoms. The number of imidazole rings is 1. The second-order valence-electron chi connectivity index (χ2n) is 8.07. The lowest BCUT2D eigenvalue weighted by Crippen LogP contribution is -2.17. The monoisotopic (exact) mass is 488 g/mol. The zero-order chi connectivity index (χ0) is 24.2. The molecule has 4 N–H and O–H groups in total. The van der Waals surface area contributed by atoms with Crippen LogP contribution in [0.2, 0.25) is 5.02 Å². The summed E-state index contributed by atoms with van der Waals surface area (Å²) in [6.45, 7) is 6.13. The highest BCUT2D eigenvalue weighted by Crippen LogP contribution is 2.33. The average Bonchev–Trinajstić information content (AvgIpc) is 3.41. The summed E-state index contributed by atoms with van der Waals surface area (Å²) in [4.78, 5) is 8.75. The molecule has 1 atom stereocenters. The Morgan fingerprint density at radius 2 is 2.12 bits per heavy atom. The molecule has 4 rings (SSSR count). The van der Waals surface area contributed by atoms with Crippen LogP contribution in [0.15, 0.2) is 53.8 Å². The van der Waals surface area contributed by atoms with Crippen molar-refractivity contribution in [2.24, 2.45) is 10.9 Å². The van der Waals surface area contributed by atoms with Gasteiger partial charge in [-0.1, -0.05) is 30.3 Å². The fourth-order valence-corrected chi connectivity index (χ4v) is 4.09. The maximum Gasteiger partial charge on any atom is 0.146 e. The van der Waals surface area contributed by atoms with E-state index < -0.39 is 17.5 Å². The van der Waals surface area contributed by atoms with Gasteiger partial charge in [0.05, 0.1) is 16.8 Å². The largest absolute Gasteiger partial charge is 0.383 e. The Morgan fingerprint density at radius 3 is 2.82 bits per heavy atom. The number of halogens is 4. The van der Waals surface area contributed by atoms with Crippen molar-refractivity contribution in [2.45, 2.75) is 19.5 Å². The summed E-state index contributed by atoms with van der Waals surface area (Å²) in [7, 11) is 0. The second-order valence-corrected chi connectivity index (χ2v) is 8.47. The van der Waals surface area contributed by atoms with Crippen LogP contribution in [0.1, 0.15) is 17.7 Å². The summed E-state index contributed by atoms with van der Waals surface area (Å²) in [6.07, 6.45) is 2.37. The molecule has 34 heavy (non-hydrogen) atoms. The van der Waals surface area contributed by atoms with E-state index in [2.05, 4.69) is 27.2 Å². The van der Waals surface area contributed by atoms with E-state index in [0.29, 0.717) is 29.8 Å². The third-order valence-corrected chi connectivity index (χ3v) is 5.98. The topological polar surface area (TPSA) is 80.3 Å². The number of hydrogen-bond acceptors (Lipinski definition) is 5. The Kier molecular flexibility index (Phi) is 7.23. The van der Waals surface area contributed by atoms with Gasteiger partial charge in [0.2, 0.25) is 0 Å². The minimum atomic E-state index is -0.667. The Balaban J connectivity index is 1.58. The lowest BCUT2D eigenvalue weighted by atomic mass is 10.1. The van der Waals surface area contributed by atoms with Gasteiger partial charge in [0.1, 0.15) is 40.6 Å². The third kappa shape index (κ3) is 5.26. The molecule has 1 fully saturated rings. The molecule has 0 unspecified atom stereocenters. The van der Waals surface area contributed by atoms with Gasteiger partial charge < -0.3 is 20.9 Å². The van der Waals surface area contributed by atoms with E-state index >= 15 is 0 Å². The quantitative estimate of drug-likeness (QED) is 0.408. The van der Waals surface area contributed by atoms with E-state index in [1.807, 2.05) is 0 Å². The molecule has 0 saturated carbocycles. The normalized spacial score (nSPS) is 15.8. The molecule has 10 heteroatoms. The molecular weight excluding hydrogens is 465 g/mol. The number of anilines is 1. The van der Waals surface area contributed by atoms with Gasteiger partial charge in [-0.3, -0.25) is 0 Å². The molecule has 2 heterocycles. The molecule has 0 spiro atoms. The van der Waals surface area contributed by atoms with E-state index in [-0.39, 0.29) is 28.5 Å². The highest BCUT2D eigenvalue weighted by atomic mass is 35.5. The minimum absolute atomic E-state index is 0.0664. The number of aromatic nitrogens is 2. The van der Waals surface area contributed by atoms with Crippen LogP contribution in [0.4, 0.5) is 19.0 Å². The van der Waals surface area contributed by atoms with Crippen molar-refractivity contribution in [3.63, 3.8) is 0 Å². The molecule has 0 radical (unpaired) electrons. The van der Waals surface area contributed by atoms with E-state index in [9.17, 15) is 13.2 Å². The Bertz CT molecular complexity index is 1210. The number of nitrogens with zero attached hydrogens (tertiary/aromatic N) is 3. The van der Waals surface area contributed by atoms with E-state index in [1.165, 1.54) is 30.5 Å². The standard InChI is InChI=1S/C24H24ClF3N6/c1-14(31-11-16-5-6-17(26)9-20(16)28)32-12-21-23(29)34(13-15-7-8-30-10-15)24(33-21)22-18(25)3-2-4-19(22)27/h2-6,9,12,15,30-31H,1,7-8,10-11,13,29H2/b32-12-/t15-/m1/s1. The first-order chi connectivity index (χ1) is 16.3. The fraction of sp³-hybridized carbons (Fsp3) is 0.250. The summed E-state index contributed by atoms with van der Waals surface area (Å²) in [5, 5.41) is 6.39. The molecule has 1 aliphatic heterocycles. The van der Waals surface area contributed by atoms with E-state index in [0.717, 1.165) is 25.6 Å². The number of nitrogen functional groups attached to an aromatic ring is 1. The highest BCUT2D eigenvalue weighted by Gasteiger charge is 2.24. The van der Waals surface area contributed by atoms with Crippen LogP contribution < -0.4 is 16.4 Å². The van der Waals surface area contributed by atoms with Gasteiger partial charge in [-0.05, 0) is 43.6 Å². The number of hydrogen-bond donors (Lipinski definition) is 3. The Hall–Kier alpha value is -3.30. The molecule has 1 aliphatic rings. The molecule has 0 aliphatic carbocycles. The van der Waals surface area contributed by atoms with Crippen LogP contribution in [-0.4, -0.2) is 28.9 Å². The predicted octanol–water partition coefficient (Wildman–Crippen LogP) is 4.49. The van der Waals surface area contributed by atoms with Crippen LogP contribution in [-0.2, 0) is 13.1 Å². The predicted molar refractivity (Wildman–Crippen MR) is 128 cm³/mol. The second kappa shape index (κ2) is 10.3. The van der Waals surface area contributed by atoms with Gasteiger partial charge in [0, 0.05) is 24.7 Å². The number of benzene rings is 2. The van der Waals surface area contributed by atoms with Gasteiger partial charge >= 0.3 is 0 Å². The fourth-order valence-electron chi connectivity index (χ4n) is 3.84. The van der Waals surface area contributed by atoms with Gasteiger partial charge in [-0.2, -0.15) is 0 Å². The zero-order valence-electron chi connectivity index (χ0n) is 18.3. The number of nitrogens with two attached hydrogens (primary N) is 1. The van der Waals surface area contributed by atoms with Crippen molar-refractivity contribution in [1.82, 2.24) is 20.2 Å². The van der Waals surface area contributed by atoms with Crippen molar-refractivity contribution >= 4 is 23.6 Å². The first kappa shape index (κ1) is 23.8. The molecule has 178 valence electrons. The van der Waals surface area contributed by atoms with Crippen molar-refractivity contribution < 1.29 is 13.2 Å². The van der Waals surface area contributed by atoms with Crippen LogP contribution >= 0.6 is 11.6 Å². The summed E-state index contributed by atoms with van der Waals surface area (Å²) in [5.74, 6) is -0.637. The zero-order valence-corrected chi connectivity index (χ0v) is 19.0. The maximum absolute atomic E-state index is 14.7. The van der Waals surface area contributed by atoms with Crippen molar-refractivity contribution in [1.29, 1.82) is 0 Å². The van der Waals surface area contributed by atoms with Crippen molar-refractivity contribution in [3.05, 3.63) is 82.5 Å². The average molecular weight is 489 g/mol. The minimum Gasteiger partial charge on any atom is -0.383 e. The summed E-state index contributed by atoms with van der Waals surface area (Å²) >= 11 is 6.31. The SMILES string of the molecule is C=C(/N=C\c1nc(-c2c(F)cccc2Cl)n(C[C@@H]2CCNC2)c1N)NCc1ccc(F)cc1F. The Labute approximate surface area is 200 Å². The third-order valence-electron chi connectivity index (χ3n) is 5.67. The first-order valence-electron chi connectivity index (χ1n) is 10.8. The van der Waals surface area contributed by atoms with Crippen LogP contribution in [0.3, 0.4) is 0 Å². The maximum atomic E-state index is 14.7. The molecule has 1 saturated heterocycles. The lowest BCUT2D eigenvalue weighted by molar-refractivity contribution is 0.487. The number of nitrogens with one attached hydrogen (secondary N) is 2. The first-order valence-corrected chi connectivity index (χ1v) is 11.1.